The van der Waals surface area contributed by atoms with Crippen LogP contribution in [0, 0.1) is 6.92 Å². The molecule has 0 atom stereocenters. The number of fused-ring (bicyclic) bond motifs is 1. The van der Waals surface area contributed by atoms with Crippen LogP contribution >= 0.6 is 0 Å². The van der Waals surface area contributed by atoms with Crippen LogP contribution in [0.1, 0.15) is 11.3 Å². The fourth-order valence-corrected chi connectivity index (χ4v) is 2.36. The van der Waals surface area contributed by atoms with Gasteiger partial charge in [-0.05, 0) is 13.0 Å². The summed E-state index contributed by atoms with van der Waals surface area (Å²) >= 11 is 0. The summed E-state index contributed by atoms with van der Waals surface area (Å²) in [7, 11) is 3.59. The average molecular weight is 314 g/mol. The summed E-state index contributed by atoms with van der Waals surface area (Å²) in [6, 6.07) is 1.88. The molecule has 23 heavy (non-hydrogen) atoms. The summed E-state index contributed by atoms with van der Waals surface area (Å²) in [5, 5.41) is 0. The normalized spacial score (nSPS) is 10.9. The number of nitrogens with one attached hydrogen (secondary N) is 1. The molecule has 0 radical (unpaired) electrons. The summed E-state index contributed by atoms with van der Waals surface area (Å²) in [5.74, 6) is 1.46. The standard InChI is InChI=1S/C15H18N6O2/c1-10-11(4-5-23-10)6-20(2)12(22)7-21(3)15-13-14(17-8-16-13)18-9-19-15/h4-5,8-9H,6-7H2,1-3H3,(H,16,17,18,19). The first-order chi connectivity index (χ1) is 11.1. The van der Waals surface area contributed by atoms with Gasteiger partial charge in [0.05, 0.1) is 19.1 Å². The molecule has 0 aliphatic rings. The number of furan rings is 1. The van der Waals surface area contributed by atoms with Crippen molar-refractivity contribution in [1.29, 1.82) is 0 Å². The van der Waals surface area contributed by atoms with Crippen LogP contribution in [0.4, 0.5) is 5.82 Å². The number of anilines is 1. The van der Waals surface area contributed by atoms with E-state index in [1.54, 1.807) is 29.4 Å². The number of aryl methyl sites for hydroxylation is 1. The third kappa shape index (κ3) is 3.01. The first-order valence-corrected chi connectivity index (χ1v) is 7.18. The molecule has 3 rings (SSSR count). The molecule has 0 aromatic carbocycles. The predicted molar refractivity (Wildman–Crippen MR) is 84.9 cm³/mol. The third-order valence-electron chi connectivity index (χ3n) is 3.74. The van der Waals surface area contributed by atoms with Gasteiger partial charge in [0.2, 0.25) is 5.91 Å². The van der Waals surface area contributed by atoms with Gasteiger partial charge in [-0.3, -0.25) is 4.79 Å². The van der Waals surface area contributed by atoms with E-state index in [0.29, 0.717) is 18.0 Å². The first kappa shape index (κ1) is 15.0. The summed E-state index contributed by atoms with van der Waals surface area (Å²) in [6.45, 7) is 2.60. The lowest BCUT2D eigenvalue weighted by molar-refractivity contribution is -0.128. The summed E-state index contributed by atoms with van der Waals surface area (Å²) in [6.07, 6.45) is 4.63. The molecule has 120 valence electrons. The molecule has 0 bridgehead atoms. The Morgan fingerprint density at radius 1 is 1.30 bits per heavy atom. The Labute approximate surface area is 133 Å². The molecule has 3 aromatic heterocycles. The minimum atomic E-state index is -0.0145. The molecular formula is C15H18N6O2. The van der Waals surface area contributed by atoms with E-state index in [4.69, 9.17) is 4.42 Å². The highest BCUT2D eigenvalue weighted by Crippen LogP contribution is 2.18. The van der Waals surface area contributed by atoms with E-state index < -0.39 is 0 Å². The van der Waals surface area contributed by atoms with E-state index in [1.165, 1.54) is 6.33 Å². The quantitative estimate of drug-likeness (QED) is 0.764. The Morgan fingerprint density at radius 3 is 2.87 bits per heavy atom. The van der Waals surface area contributed by atoms with Crippen LogP contribution in [0.25, 0.3) is 11.2 Å². The molecule has 0 aliphatic carbocycles. The van der Waals surface area contributed by atoms with Crippen molar-refractivity contribution in [2.24, 2.45) is 0 Å². The molecule has 0 saturated heterocycles. The molecule has 3 aromatic rings. The molecule has 1 amide bonds. The van der Waals surface area contributed by atoms with Gasteiger partial charge < -0.3 is 19.2 Å². The number of aromatic nitrogens is 4. The maximum Gasteiger partial charge on any atom is 0.242 e. The monoisotopic (exact) mass is 314 g/mol. The van der Waals surface area contributed by atoms with E-state index in [-0.39, 0.29) is 12.5 Å². The third-order valence-corrected chi connectivity index (χ3v) is 3.74. The SMILES string of the molecule is Cc1occc1CN(C)C(=O)CN(C)c1ncnc2nc[nH]c12. The topological polar surface area (TPSA) is 91.2 Å². The van der Waals surface area contributed by atoms with Gasteiger partial charge in [0.25, 0.3) is 0 Å². The van der Waals surface area contributed by atoms with Gasteiger partial charge in [-0.1, -0.05) is 0 Å². The van der Waals surface area contributed by atoms with Gasteiger partial charge in [-0.25, -0.2) is 15.0 Å². The van der Waals surface area contributed by atoms with E-state index in [1.807, 2.05) is 20.0 Å². The van der Waals surface area contributed by atoms with Gasteiger partial charge in [0.15, 0.2) is 11.5 Å². The zero-order valence-corrected chi connectivity index (χ0v) is 13.3. The van der Waals surface area contributed by atoms with E-state index in [2.05, 4.69) is 19.9 Å². The molecule has 8 nitrogen and oxygen atoms in total. The molecule has 3 heterocycles. The highest BCUT2D eigenvalue weighted by atomic mass is 16.3. The van der Waals surface area contributed by atoms with Crippen LogP contribution < -0.4 is 4.90 Å². The number of hydrogen-bond acceptors (Lipinski definition) is 6. The van der Waals surface area contributed by atoms with E-state index in [9.17, 15) is 4.79 Å². The fraction of sp³-hybridized carbons (Fsp3) is 0.333. The van der Waals surface area contributed by atoms with Crippen molar-refractivity contribution in [1.82, 2.24) is 24.8 Å². The molecular weight excluding hydrogens is 296 g/mol. The van der Waals surface area contributed by atoms with Crippen molar-refractivity contribution in [3.63, 3.8) is 0 Å². The Morgan fingerprint density at radius 2 is 2.13 bits per heavy atom. The number of rotatable bonds is 5. The van der Waals surface area contributed by atoms with Crippen LogP contribution in [0.15, 0.2) is 29.4 Å². The van der Waals surface area contributed by atoms with Gasteiger partial charge in [-0.15, -0.1) is 0 Å². The van der Waals surface area contributed by atoms with Crippen molar-refractivity contribution in [2.45, 2.75) is 13.5 Å². The lowest BCUT2D eigenvalue weighted by atomic mass is 10.2. The fourth-order valence-electron chi connectivity index (χ4n) is 2.36. The summed E-state index contributed by atoms with van der Waals surface area (Å²) < 4.78 is 5.26. The smallest absolute Gasteiger partial charge is 0.242 e. The van der Waals surface area contributed by atoms with Crippen molar-refractivity contribution in [3.05, 3.63) is 36.3 Å². The minimum absolute atomic E-state index is 0.0145. The Balaban J connectivity index is 1.69. The van der Waals surface area contributed by atoms with Crippen LogP contribution in [0.2, 0.25) is 0 Å². The number of carbonyl (C=O) groups is 1. The summed E-state index contributed by atoms with van der Waals surface area (Å²) in [4.78, 5) is 31.3. The number of carbonyl (C=O) groups excluding carboxylic acids is 1. The Kier molecular flexibility index (Phi) is 3.96. The van der Waals surface area contributed by atoms with Crippen molar-refractivity contribution in [2.75, 3.05) is 25.5 Å². The van der Waals surface area contributed by atoms with Gasteiger partial charge in [0.1, 0.15) is 17.6 Å². The van der Waals surface area contributed by atoms with E-state index >= 15 is 0 Å². The van der Waals surface area contributed by atoms with Crippen LogP contribution in [0.5, 0.6) is 0 Å². The molecule has 8 heteroatoms. The largest absolute Gasteiger partial charge is 0.469 e. The molecule has 0 saturated carbocycles. The molecule has 0 spiro atoms. The highest BCUT2D eigenvalue weighted by molar-refractivity contribution is 5.86. The molecule has 0 aliphatic heterocycles. The van der Waals surface area contributed by atoms with Crippen molar-refractivity contribution in [3.8, 4) is 0 Å². The molecule has 1 N–H and O–H groups in total. The highest BCUT2D eigenvalue weighted by Gasteiger charge is 2.17. The molecule has 0 unspecified atom stereocenters. The number of nitrogens with zero attached hydrogens (tertiary/aromatic N) is 5. The van der Waals surface area contributed by atoms with Gasteiger partial charge >= 0.3 is 0 Å². The predicted octanol–water partition coefficient (Wildman–Crippen LogP) is 1.35. The van der Waals surface area contributed by atoms with E-state index in [0.717, 1.165) is 16.8 Å². The number of amides is 1. The summed E-state index contributed by atoms with van der Waals surface area (Å²) in [5.41, 5.74) is 2.30. The number of hydrogen-bond donors (Lipinski definition) is 1. The maximum atomic E-state index is 12.4. The number of imidazole rings is 1. The Hall–Kier alpha value is -2.90. The van der Waals surface area contributed by atoms with Gasteiger partial charge in [-0.2, -0.15) is 0 Å². The van der Waals surface area contributed by atoms with Crippen LogP contribution in [0.3, 0.4) is 0 Å². The van der Waals surface area contributed by atoms with Crippen molar-refractivity contribution < 1.29 is 9.21 Å². The first-order valence-electron chi connectivity index (χ1n) is 7.18. The number of likely N-dealkylation sites (N-methyl/N-ethyl adjacent to an activating group) is 2. The second-order valence-electron chi connectivity index (χ2n) is 5.41. The van der Waals surface area contributed by atoms with Crippen LogP contribution in [-0.4, -0.2) is 51.4 Å². The van der Waals surface area contributed by atoms with Crippen LogP contribution in [-0.2, 0) is 11.3 Å². The second-order valence-corrected chi connectivity index (χ2v) is 5.41. The zero-order chi connectivity index (χ0) is 16.4. The maximum absolute atomic E-state index is 12.4. The number of aromatic amines is 1. The zero-order valence-electron chi connectivity index (χ0n) is 13.3. The van der Waals surface area contributed by atoms with Gasteiger partial charge in [0, 0.05) is 26.2 Å². The molecule has 0 fully saturated rings. The van der Waals surface area contributed by atoms with Crippen molar-refractivity contribution >= 4 is 22.9 Å². The lowest BCUT2D eigenvalue weighted by Crippen LogP contribution is -2.36. The lowest BCUT2D eigenvalue weighted by Gasteiger charge is -2.22. The second kappa shape index (κ2) is 6.07. The minimum Gasteiger partial charge on any atom is -0.469 e. The number of H-pyrrole nitrogens is 1. The Bertz CT molecular complexity index is 824. The average Bonchev–Trinajstić information content (AvgIpc) is 3.16.